The van der Waals surface area contributed by atoms with Crippen molar-refractivity contribution in [2.45, 2.75) is 13.0 Å². The highest BCUT2D eigenvalue weighted by Gasteiger charge is 2.13. The lowest BCUT2D eigenvalue weighted by Crippen LogP contribution is -2.16. The third-order valence-corrected chi connectivity index (χ3v) is 3.75. The molecule has 2 N–H and O–H groups in total. The Labute approximate surface area is 148 Å². The first-order valence-corrected chi connectivity index (χ1v) is 7.89. The second-order valence-electron chi connectivity index (χ2n) is 5.74. The van der Waals surface area contributed by atoms with Crippen LogP contribution in [0.5, 0.6) is 0 Å². The van der Waals surface area contributed by atoms with Crippen LogP contribution in [0.3, 0.4) is 0 Å². The van der Waals surface area contributed by atoms with Crippen molar-refractivity contribution in [3.05, 3.63) is 83.4 Å². The van der Waals surface area contributed by atoms with E-state index in [-0.39, 0.29) is 23.7 Å². The number of nitrogens with one attached hydrogen (secondary N) is 1. The summed E-state index contributed by atoms with van der Waals surface area (Å²) in [6.45, 7) is 0.371. The molecule has 3 rings (SSSR count). The summed E-state index contributed by atoms with van der Waals surface area (Å²) in [6.07, 6.45) is 3.06. The van der Waals surface area contributed by atoms with Gasteiger partial charge >= 0.3 is 5.97 Å². The number of benzene rings is 2. The molecule has 2 aromatic carbocycles. The fourth-order valence-electron chi connectivity index (χ4n) is 2.60. The molecule has 0 fully saturated rings. The summed E-state index contributed by atoms with van der Waals surface area (Å²) in [6, 6.07) is 12.6. The lowest BCUT2D eigenvalue weighted by molar-refractivity contribution is -0.115. The number of nitrogens with zero attached hydrogens (tertiary/aromatic N) is 2. The van der Waals surface area contributed by atoms with E-state index in [1.165, 1.54) is 24.4 Å². The van der Waals surface area contributed by atoms with Gasteiger partial charge in [0.2, 0.25) is 5.91 Å². The van der Waals surface area contributed by atoms with Crippen LogP contribution in [-0.4, -0.2) is 26.8 Å². The third-order valence-electron chi connectivity index (χ3n) is 3.75. The van der Waals surface area contributed by atoms with E-state index in [1.54, 1.807) is 41.2 Å². The van der Waals surface area contributed by atoms with Crippen molar-refractivity contribution in [3.63, 3.8) is 0 Å². The minimum absolute atomic E-state index is 0.0580. The van der Waals surface area contributed by atoms with E-state index in [2.05, 4.69) is 10.4 Å². The highest BCUT2D eigenvalue weighted by molar-refractivity contribution is 5.95. The Balaban J connectivity index is 1.64. The van der Waals surface area contributed by atoms with Crippen LogP contribution in [0.2, 0.25) is 0 Å². The van der Waals surface area contributed by atoms with Gasteiger partial charge < -0.3 is 10.4 Å². The second kappa shape index (κ2) is 7.60. The molecule has 0 aliphatic heterocycles. The molecule has 0 bridgehead atoms. The number of anilines is 1. The molecule has 1 amide bonds. The molecule has 3 aromatic rings. The maximum Gasteiger partial charge on any atom is 0.335 e. The van der Waals surface area contributed by atoms with Crippen molar-refractivity contribution in [3.8, 4) is 0 Å². The molecule has 6 nitrogen and oxygen atoms in total. The van der Waals surface area contributed by atoms with Gasteiger partial charge in [0.05, 0.1) is 30.4 Å². The Bertz CT molecular complexity index is 952. The smallest absolute Gasteiger partial charge is 0.335 e. The summed E-state index contributed by atoms with van der Waals surface area (Å²) >= 11 is 0. The summed E-state index contributed by atoms with van der Waals surface area (Å²) in [5.41, 5.74) is 1.77. The predicted octanol–water partition coefficient (Wildman–Crippen LogP) is 2.95. The van der Waals surface area contributed by atoms with Crippen molar-refractivity contribution in [2.75, 3.05) is 5.32 Å². The molecular formula is C19H16FN3O3. The number of hydrogen-bond acceptors (Lipinski definition) is 3. The molecule has 0 atom stereocenters. The molecule has 132 valence electrons. The van der Waals surface area contributed by atoms with Crippen LogP contribution in [-0.2, 0) is 17.8 Å². The van der Waals surface area contributed by atoms with Gasteiger partial charge in [-0.2, -0.15) is 5.10 Å². The fourth-order valence-corrected chi connectivity index (χ4v) is 2.60. The molecule has 26 heavy (non-hydrogen) atoms. The number of carboxylic acid groups (broad SMARTS) is 1. The Kier molecular flexibility index (Phi) is 5.07. The highest BCUT2D eigenvalue weighted by Crippen LogP contribution is 2.13. The maximum atomic E-state index is 13.2. The van der Waals surface area contributed by atoms with Crippen LogP contribution in [0, 0.1) is 5.82 Å². The normalized spacial score (nSPS) is 10.5. The van der Waals surface area contributed by atoms with Gasteiger partial charge in [-0.15, -0.1) is 0 Å². The van der Waals surface area contributed by atoms with Crippen molar-refractivity contribution < 1.29 is 19.1 Å². The van der Waals surface area contributed by atoms with E-state index in [0.717, 1.165) is 5.56 Å². The SMILES string of the molecule is O=C(Cc1ccccc1C(=O)O)Nc1cnn(Cc2cccc(F)c2)c1. The lowest BCUT2D eigenvalue weighted by Gasteiger charge is -2.06. The Hall–Kier alpha value is -3.48. The molecule has 0 spiro atoms. The van der Waals surface area contributed by atoms with Gasteiger partial charge in [-0.1, -0.05) is 30.3 Å². The van der Waals surface area contributed by atoms with Crippen LogP contribution in [0.25, 0.3) is 0 Å². The molecule has 1 heterocycles. The maximum absolute atomic E-state index is 13.2. The molecule has 7 heteroatoms. The quantitative estimate of drug-likeness (QED) is 0.714. The van der Waals surface area contributed by atoms with Gasteiger partial charge in [-0.3, -0.25) is 9.48 Å². The molecular weight excluding hydrogens is 337 g/mol. The van der Waals surface area contributed by atoms with E-state index >= 15 is 0 Å². The van der Waals surface area contributed by atoms with Crippen molar-refractivity contribution in [2.24, 2.45) is 0 Å². The number of carbonyl (C=O) groups is 2. The number of aromatic carboxylic acids is 1. The Morgan fingerprint density at radius 1 is 1.15 bits per heavy atom. The van der Waals surface area contributed by atoms with Crippen molar-refractivity contribution >= 4 is 17.6 Å². The number of aromatic nitrogens is 2. The highest BCUT2D eigenvalue weighted by atomic mass is 19.1. The fraction of sp³-hybridized carbons (Fsp3) is 0.105. The third kappa shape index (κ3) is 4.32. The number of carboxylic acids is 1. The first kappa shape index (κ1) is 17.3. The van der Waals surface area contributed by atoms with Crippen molar-refractivity contribution in [1.82, 2.24) is 9.78 Å². The monoisotopic (exact) mass is 353 g/mol. The summed E-state index contributed by atoms with van der Waals surface area (Å²) in [5, 5.41) is 16.0. The van der Waals surface area contributed by atoms with Crippen molar-refractivity contribution in [1.29, 1.82) is 0 Å². The van der Waals surface area contributed by atoms with Crippen LogP contribution in [0.1, 0.15) is 21.5 Å². The van der Waals surface area contributed by atoms with Gasteiger partial charge in [0.25, 0.3) is 0 Å². The first-order chi connectivity index (χ1) is 12.5. The van der Waals surface area contributed by atoms with Gasteiger partial charge in [-0.05, 0) is 29.3 Å². The standard InChI is InChI=1S/C19H16FN3O3/c20-15-6-3-4-13(8-15)11-23-12-16(10-21-23)22-18(24)9-14-5-1-2-7-17(14)19(25)26/h1-8,10,12H,9,11H2,(H,22,24)(H,25,26). The van der Waals surface area contributed by atoms with E-state index in [4.69, 9.17) is 5.11 Å². The number of carbonyl (C=O) groups excluding carboxylic acids is 1. The number of amides is 1. The van der Waals surface area contributed by atoms with E-state index in [9.17, 15) is 14.0 Å². The molecule has 0 saturated carbocycles. The van der Waals surface area contributed by atoms with Gasteiger partial charge in [0, 0.05) is 6.20 Å². The van der Waals surface area contributed by atoms with E-state index < -0.39 is 5.97 Å². The summed E-state index contributed by atoms with van der Waals surface area (Å²) in [5.74, 6) is -1.74. The van der Waals surface area contributed by atoms with Gasteiger partial charge in [-0.25, -0.2) is 9.18 Å². The Morgan fingerprint density at radius 2 is 1.96 bits per heavy atom. The zero-order valence-corrected chi connectivity index (χ0v) is 13.7. The predicted molar refractivity (Wildman–Crippen MR) is 93.5 cm³/mol. The molecule has 0 aliphatic carbocycles. The van der Waals surface area contributed by atoms with Crippen LogP contribution < -0.4 is 5.32 Å². The van der Waals surface area contributed by atoms with Crippen LogP contribution in [0.4, 0.5) is 10.1 Å². The van der Waals surface area contributed by atoms with Crippen LogP contribution >= 0.6 is 0 Å². The lowest BCUT2D eigenvalue weighted by atomic mass is 10.0. The molecule has 0 saturated heterocycles. The number of rotatable bonds is 6. The second-order valence-corrected chi connectivity index (χ2v) is 5.74. The molecule has 1 aromatic heterocycles. The van der Waals surface area contributed by atoms with Gasteiger partial charge in [0.15, 0.2) is 0 Å². The van der Waals surface area contributed by atoms with E-state index in [0.29, 0.717) is 17.8 Å². The number of halogens is 1. The molecule has 0 aliphatic rings. The average Bonchev–Trinajstić information content (AvgIpc) is 3.01. The zero-order valence-electron chi connectivity index (χ0n) is 13.7. The molecule has 0 unspecified atom stereocenters. The van der Waals surface area contributed by atoms with E-state index in [1.807, 2.05) is 0 Å². The molecule has 0 radical (unpaired) electrons. The van der Waals surface area contributed by atoms with Crippen LogP contribution in [0.15, 0.2) is 60.9 Å². The zero-order chi connectivity index (χ0) is 18.5. The average molecular weight is 353 g/mol. The first-order valence-electron chi connectivity index (χ1n) is 7.89. The summed E-state index contributed by atoms with van der Waals surface area (Å²) in [7, 11) is 0. The Morgan fingerprint density at radius 3 is 2.73 bits per heavy atom. The minimum Gasteiger partial charge on any atom is -0.478 e. The largest absolute Gasteiger partial charge is 0.478 e. The van der Waals surface area contributed by atoms with Gasteiger partial charge in [0.1, 0.15) is 5.82 Å². The summed E-state index contributed by atoms with van der Waals surface area (Å²) in [4.78, 5) is 23.4. The summed E-state index contributed by atoms with van der Waals surface area (Å²) < 4.78 is 14.8. The topological polar surface area (TPSA) is 84.2 Å². The minimum atomic E-state index is -1.07. The number of hydrogen-bond donors (Lipinski definition) is 2.